The van der Waals surface area contributed by atoms with Crippen molar-refractivity contribution < 1.29 is 27.7 Å². The third-order valence-corrected chi connectivity index (χ3v) is 10.1. The van der Waals surface area contributed by atoms with E-state index in [-0.39, 0.29) is 40.9 Å². The van der Waals surface area contributed by atoms with Crippen LogP contribution in [0.3, 0.4) is 0 Å². The minimum absolute atomic E-state index is 0.0703. The van der Waals surface area contributed by atoms with Crippen LogP contribution in [-0.4, -0.2) is 56.3 Å². The van der Waals surface area contributed by atoms with E-state index in [1.165, 1.54) is 49.3 Å². The molecule has 50 heavy (non-hydrogen) atoms. The van der Waals surface area contributed by atoms with Crippen LogP contribution in [0.2, 0.25) is 10.0 Å². The largest absolute Gasteiger partial charge is 0.495 e. The number of amides is 2. The monoisotopic (exact) mass is 740 g/mol. The maximum Gasteiger partial charge on any atom is 0.273 e. The summed E-state index contributed by atoms with van der Waals surface area (Å²) in [6.07, 6.45) is 0.126. The summed E-state index contributed by atoms with van der Waals surface area (Å²) in [6, 6.07) is 22.6. The summed E-state index contributed by atoms with van der Waals surface area (Å²) < 4.78 is 35.2. The van der Waals surface area contributed by atoms with Gasteiger partial charge < -0.3 is 15.0 Å². The molecule has 0 aliphatic rings. The molecule has 0 radical (unpaired) electrons. The van der Waals surface area contributed by atoms with Crippen LogP contribution in [0.4, 0.5) is 11.4 Å². The number of nitrogens with one attached hydrogen (secondary N) is 1. The fourth-order valence-electron chi connectivity index (χ4n) is 5.21. The molecule has 0 aliphatic heterocycles. The zero-order valence-electron chi connectivity index (χ0n) is 28.0. The van der Waals surface area contributed by atoms with Gasteiger partial charge in [0.05, 0.1) is 22.6 Å². The number of ether oxygens (including phenoxy) is 1. The number of nitro groups is 1. The first-order valence-corrected chi connectivity index (χ1v) is 17.9. The van der Waals surface area contributed by atoms with Crippen molar-refractivity contribution in [2.75, 3.05) is 24.5 Å². The molecule has 0 unspecified atom stereocenters. The van der Waals surface area contributed by atoms with Crippen molar-refractivity contribution in [3.05, 3.63) is 128 Å². The van der Waals surface area contributed by atoms with E-state index < -0.39 is 49.9 Å². The second kappa shape index (κ2) is 16.8. The summed E-state index contributed by atoms with van der Waals surface area (Å²) in [6.45, 7) is 4.84. The molecule has 0 aromatic heterocycles. The second-order valence-electron chi connectivity index (χ2n) is 12.0. The van der Waals surface area contributed by atoms with Crippen LogP contribution in [0, 0.1) is 23.0 Å². The van der Waals surface area contributed by atoms with Gasteiger partial charge in [-0.05, 0) is 60.4 Å². The Bertz CT molecular complexity index is 1940. The van der Waals surface area contributed by atoms with Gasteiger partial charge in [0.1, 0.15) is 18.3 Å². The topological polar surface area (TPSA) is 139 Å². The highest BCUT2D eigenvalue weighted by Gasteiger charge is 2.36. The maximum atomic E-state index is 14.7. The number of benzene rings is 4. The lowest BCUT2D eigenvalue weighted by atomic mass is 10.0. The summed E-state index contributed by atoms with van der Waals surface area (Å²) >= 11 is 12.5. The van der Waals surface area contributed by atoms with Crippen molar-refractivity contribution in [1.29, 1.82) is 0 Å². The van der Waals surface area contributed by atoms with E-state index in [0.29, 0.717) is 17.1 Å². The molecule has 0 heterocycles. The summed E-state index contributed by atoms with van der Waals surface area (Å²) in [5.41, 5.74) is 1.18. The third-order valence-electron chi connectivity index (χ3n) is 7.88. The first kappa shape index (κ1) is 38.2. The van der Waals surface area contributed by atoms with Crippen LogP contribution in [0.15, 0.2) is 95.9 Å². The number of hydrogen-bond donors (Lipinski definition) is 1. The Hall–Kier alpha value is -4.65. The van der Waals surface area contributed by atoms with E-state index in [9.17, 15) is 28.1 Å². The quantitative estimate of drug-likeness (QED) is 0.104. The lowest BCUT2D eigenvalue weighted by Gasteiger charge is -2.34. The number of rotatable bonds is 15. The van der Waals surface area contributed by atoms with E-state index in [2.05, 4.69) is 5.32 Å². The number of aryl methyl sites for hydroxylation is 1. The predicted molar refractivity (Wildman–Crippen MR) is 194 cm³/mol. The Kier molecular flexibility index (Phi) is 12.9. The fraction of sp³-hybridized carbons (Fsp3) is 0.278. The van der Waals surface area contributed by atoms with Crippen molar-refractivity contribution >= 4 is 56.4 Å². The van der Waals surface area contributed by atoms with E-state index >= 15 is 0 Å². The molecule has 4 rings (SSSR count). The number of hydrogen-bond acceptors (Lipinski definition) is 7. The van der Waals surface area contributed by atoms with Crippen molar-refractivity contribution in [2.45, 2.75) is 44.7 Å². The fourth-order valence-corrected chi connectivity index (χ4v) is 6.94. The second-order valence-corrected chi connectivity index (χ2v) is 14.8. The molecule has 4 aromatic carbocycles. The third kappa shape index (κ3) is 9.52. The molecule has 0 saturated carbocycles. The highest BCUT2D eigenvalue weighted by Crippen LogP contribution is 2.36. The number of halogens is 2. The zero-order chi connectivity index (χ0) is 36.6. The maximum absolute atomic E-state index is 14.7. The van der Waals surface area contributed by atoms with E-state index in [1.54, 1.807) is 24.3 Å². The predicted octanol–water partition coefficient (Wildman–Crippen LogP) is 6.83. The minimum atomic E-state index is -4.68. The number of methoxy groups -OCH3 is 1. The van der Waals surface area contributed by atoms with Gasteiger partial charge in [0.15, 0.2) is 0 Å². The van der Waals surface area contributed by atoms with Crippen LogP contribution >= 0.6 is 23.2 Å². The molecule has 1 atom stereocenters. The highest BCUT2D eigenvalue weighted by molar-refractivity contribution is 7.92. The highest BCUT2D eigenvalue weighted by atomic mass is 35.5. The van der Waals surface area contributed by atoms with Gasteiger partial charge in [0.25, 0.3) is 15.7 Å². The number of anilines is 1. The summed E-state index contributed by atoms with van der Waals surface area (Å²) in [4.78, 5) is 40.6. The summed E-state index contributed by atoms with van der Waals surface area (Å²) in [5, 5.41) is 15.3. The van der Waals surface area contributed by atoms with Crippen LogP contribution in [-0.2, 0) is 32.6 Å². The Morgan fingerprint density at radius 3 is 2.20 bits per heavy atom. The van der Waals surface area contributed by atoms with Gasteiger partial charge in [-0.2, -0.15) is 0 Å². The van der Waals surface area contributed by atoms with Crippen molar-refractivity contribution in [3.8, 4) is 5.75 Å². The van der Waals surface area contributed by atoms with Crippen LogP contribution in [0.1, 0.15) is 30.5 Å². The van der Waals surface area contributed by atoms with Gasteiger partial charge in [0, 0.05) is 41.2 Å². The van der Waals surface area contributed by atoms with Crippen molar-refractivity contribution in [1.82, 2.24) is 10.2 Å². The number of nitrogens with zero attached hydrogens (tertiary/aromatic N) is 3. The Labute approximate surface area is 302 Å². The molecule has 2 amide bonds. The molecule has 0 spiro atoms. The Balaban J connectivity index is 1.88. The van der Waals surface area contributed by atoms with Gasteiger partial charge in [0.2, 0.25) is 11.8 Å². The van der Waals surface area contributed by atoms with Crippen LogP contribution in [0.25, 0.3) is 0 Å². The van der Waals surface area contributed by atoms with Gasteiger partial charge in [-0.1, -0.05) is 85.6 Å². The summed E-state index contributed by atoms with van der Waals surface area (Å²) in [5.74, 6) is -0.958. The molecule has 0 fully saturated rings. The van der Waals surface area contributed by atoms with Gasteiger partial charge >= 0.3 is 0 Å². The first-order valence-electron chi connectivity index (χ1n) is 15.7. The van der Waals surface area contributed by atoms with E-state index in [0.717, 1.165) is 15.9 Å². The van der Waals surface area contributed by atoms with Crippen LogP contribution < -0.4 is 14.4 Å². The molecule has 0 aliphatic carbocycles. The SMILES string of the molecule is COc1ccc(Cl)cc1N(CC(=O)N(Cc1ccc(Cl)cc1)[C@@H](Cc1ccccc1)C(=O)NCC(C)C)S(=O)(=O)c1ccc(C)c([N+](=O)[O-])c1. The lowest BCUT2D eigenvalue weighted by molar-refractivity contribution is -0.385. The normalized spacial score (nSPS) is 11.9. The van der Waals surface area contributed by atoms with Gasteiger partial charge in [-0.3, -0.25) is 24.0 Å². The molecule has 1 N–H and O–H groups in total. The molecular weight excluding hydrogens is 703 g/mol. The van der Waals surface area contributed by atoms with Crippen LogP contribution in [0.5, 0.6) is 5.75 Å². The molecule has 4 aromatic rings. The molecular formula is C36H38Cl2N4O7S. The first-order chi connectivity index (χ1) is 23.7. The average molecular weight is 742 g/mol. The number of nitro benzene ring substituents is 1. The molecule has 14 heteroatoms. The number of sulfonamides is 1. The van der Waals surface area contributed by atoms with Gasteiger partial charge in [-0.25, -0.2) is 8.42 Å². The zero-order valence-corrected chi connectivity index (χ0v) is 30.3. The molecule has 0 saturated heterocycles. The Morgan fingerprint density at radius 1 is 0.920 bits per heavy atom. The molecule has 264 valence electrons. The number of carbonyl (C=O) groups excluding carboxylic acids is 2. The van der Waals surface area contributed by atoms with Crippen molar-refractivity contribution in [2.24, 2.45) is 5.92 Å². The van der Waals surface area contributed by atoms with Gasteiger partial charge in [-0.15, -0.1) is 0 Å². The Morgan fingerprint density at radius 2 is 1.58 bits per heavy atom. The number of carbonyl (C=O) groups is 2. The average Bonchev–Trinajstić information content (AvgIpc) is 3.08. The van der Waals surface area contributed by atoms with E-state index in [1.807, 2.05) is 44.2 Å². The van der Waals surface area contributed by atoms with Crippen molar-refractivity contribution in [3.63, 3.8) is 0 Å². The smallest absolute Gasteiger partial charge is 0.273 e. The van der Waals surface area contributed by atoms with E-state index in [4.69, 9.17) is 27.9 Å². The molecule has 11 nitrogen and oxygen atoms in total. The minimum Gasteiger partial charge on any atom is -0.495 e. The standard InChI is InChI=1S/C36H38Cl2N4O7S/c1-24(2)21-39-36(44)33(18-26-8-6-5-7-9-26)40(22-27-11-13-28(37)14-12-27)35(43)23-41(32-19-29(38)15-17-34(32)49-4)50(47,48)30-16-10-25(3)31(20-30)42(45)46/h5-17,19-20,24,33H,18,21-23H2,1-4H3,(H,39,44)/t33-/m0/s1. The summed E-state index contributed by atoms with van der Waals surface area (Å²) in [7, 11) is -3.35. The lowest BCUT2D eigenvalue weighted by Crippen LogP contribution is -2.53. The molecule has 0 bridgehead atoms.